The Morgan fingerprint density at radius 3 is 2.50 bits per heavy atom. The largest absolute Gasteiger partial charge is 0.444 e. The fourth-order valence-corrected chi connectivity index (χ4v) is 1.44. The summed E-state index contributed by atoms with van der Waals surface area (Å²) in [6.07, 6.45) is -0.550. The minimum atomic E-state index is -1.69. The number of carbonyl (C=O) groups is 1. The zero-order valence-electron chi connectivity index (χ0n) is 9.86. The molecule has 0 aromatic rings. The van der Waals surface area contributed by atoms with Crippen LogP contribution in [0.3, 0.4) is 0 Å². The fraction of sp³-hybridized carbons (Fsp3) is 0.900. The van der Waals surface area contributed by atoms with E-state index >= 15 is 0 Å². The zero-order valence-corrected chi connectivity index (χ0v) is 9.86. The lowest BCUT2D eigenvalue weighted by atomic mass is 9.89. The van der Waals surface area contributed by atoms with E-state index in [1.54, 1.807) is 20.8 Å². The first kappa shape index (κ1) is 13.2. The first-order valence-electron chi connectivity index (χ1n) is 5.21. The molecule has 0 bridgehead atoms. The Morgan fingerprint density at radius 1 is 1.62 bits per heavy atom. The third kappa shape index (κ3) is 2.82. The Kier molecular flexibility index (Phi) is 3.44. The molecular formula is C10H19FN2O3. The van der Waals surface area contributed by atoms with Gasteiger partial charge in [-0.05, 0) is 20.8 Å². The van der Waals surface area contributed by atoms with Gasteiger partial charge in [0.25, 0.3) is 0 Å². The molecule has 0 aromatic heterocycles. The van der Waals surface area contributed by atoms with E-state index in [4.69, 9.17) is 15.6 Å². The van der Waals surface area contributed by atoms with Crippen LogP contribution in [0.5, 0.6) is 0 Å². The van der Waals surface area contributed by atoms with Gasteiger partial charge in [-0.2, -0.15) is 0 Å². The number of halogens is 1. The summed E-state index contributed by atoms with van der Waals surface area (Å²) in [6, 6.07) is -0.953. The van der Waals surface area contributed by atoms with Crippen molar-refractivity contribution in [1.29, 1.82) is 0 Å². The first-order valence-corrected chi connectivity index (χ1v) is 5.21. The second-order valence-corrected chi connectivity index (χ2v) is 5.16. The van der Waals surface area contributed by atoms with Gasteiger partial charge in [-0.1, -0.05) is 0 Å². The highest BCUT2D eigenvalue weighted by Crippen LogP contribution is 2.29. The minimum Gasteiger partial charge on any atom is -0.444 e. The van der Waals surface area contributed by atoms with Crippen LogP contribution in [0, 0.1) is 0 Å². The molecule has 6 heteroatoms. The van der Waals surface area contributed by atoms with Crippen LogP contribution in [-0.2, 0) is 4.74 Å². The van der Waals surface area contributed by atoms with Gasteiger partial charge < -0.3 is 20.5 Å². The molecule has 0 spiro atoms. The minimum absolute atomic E-state index is 0.121. The lowest BCUT2D eigenvalue weighted by molar-refractivity contribution is -0.0687. The van der Waals surface area contributed by atoms with E-state index in [9.17, 15) is 9.18 Å². The molecule has 1 rings (SSSR count). The van der Waals surface area contributed by atoms with Gasteiger partial charge in [-0.15, -0.1) is 0 Å². The van der Waals surface area contributed by atoms with Gasteiger partial charge in [0.15, 0.2) is 5.67 Å². The van der Waals surface area contributed by atoms with Gasteiger partial charge in [0, 0.05) is 0 Å². The van der Waals surface area contributed by atoms with E-state index in [1.807, 2.05) is 0 Å². The normalized spacial score (nSPS) is 21.2. The number of nitrogens with zero attached hydrogens (tertiary/aromatic N) is 1. The fourth-order valence-electron chi connectivity index (χ4n) is 1.44. The van der Waals surface area contributed by atoms with Gasteiger partial charge in [-0.3, -0.25) is 0 Å². The van der Waals surface area contributed by atoms with Crippen LogP contribution in [0.15, 0.2) is 0 Å². The first-order chi connectivity index (χ1) is 7.18. The molecule has 0 saturated carbocycles. The summed E-state index contributed by atoms with van der Waals surface area (Å²) in [5.41, 5.74) is 3.12. The van der Waals surface area contributed by atoms with Crippen molar-refractivity contribution >= 4 is 6.09 Å². The van der Waals surface area contributed by atoms with Crippen molar-refractivity contribution in [3.63, 3.8) is 0 Å². The van der Waals surface area contributed by atoms with Crippen LogP contribution < -0.4 is 5.73 Å². The molecule has 1 unspecified atom stereocenters. The molecule has 1 aliphatic rings. The van der Waals surface area contributed by atoms with Crippen molar-refractivity contribution in [1.82, 2.24) is 4.90 Å². The number of nitrogens with two attached hydrogens (primary N) is 1. The Morgan fingerprint density at radius 2 is 2.12 bits per heavy atom. The summed E-state index contributed by atoms with van der Waals surface area (Å²) in [5, 5.41) is 8.75. The lowest BCUT2D eigenvalue weighted by Gasteiger charge is -2.46. The molecule has 0 aliphatic carbocycles. The van der Waals surface area contributed by atoms with Crippen LogP contribution in [0.1, 0.15) is 20.8 Å². The Labute approximate surface area is 94.4 Å². The highest BCUT2D eigenvalue weighted by atomic mass is 19.1. The van der Waals surface area contributed by atoms with Gasteiger partial charge >= 0.3 is 6.09 Å². The Balaban J connectivity index is 2.44. The average molecular weight is 234 g/mol. The maximum absolute atomic E-state index is 13.8. The van der Waals surface area contributed by atoms with Gasteiger partial charge in [0.2, 0.25) is 0 Å². The molecule has 1 atom stereocenters. The number of hydrogen-bond donors (Lipinski definition) is 2. The van der Waals surface area contributed by atoms with Crippen molar-refractivity contribution in [3.8, 4) is 0 Å². The van der Waals surface area contributed by atoms with E-state index in [0.717, 1.165) is 0 Å². The Bertz CT molecular complexity index is 272. The van der Waals surface area contributed by atoms with E-state index in [-0.39, 0.29) is 13.1 Å². The van der Waals surface area contributed by atoms with Gasteiger partial charge in [0.1, 0.15) is 5.60 Å². The third-order valence-electron chi connectivity index (χ3n) is 2.42. The molecule has 1 aliphatic heterocycles. The summed E-state index contributed by atoms with van der Waals surface area (Å²) < 4.78 is 18.9. The smallest absolute Gasteiger partial charge is 0.410 e. The number of rotatable bonds is 2. The van der Waals surface area contributed by atoms with Gasteiger partial charge in [0.05, 0.1) is 25.7 Å². The van der Waals surface area contributed by atoms with E-state index in [2.05, 4.69) is 0 Å². The van der Waals surface area contributed by atoms with Crippen molar-refractivity contribution in [2.75, 3.05) is 19.7 Å². The van der Waals surface area contributed by atoms with Crippen LogP contribution in [0.25, 0.3) is 0 Å². The SMILES string of the molecule is CC(C)(C)OC(=O)N1CC(F)(C(N)CO)C1. The highest BCUT2D eigenvalue weighted by Gasteiger charge is 2.51. The molecule has 1 fully saturated rings. The highest BCUT2D eigenvalue weighted by molar-refractivity contribution is 5.69. The quantitative estimate of drug-likeness (QED) is 0.719. The molecule has 0 radical (unpaired) electrons. The molecule has 3 N–H and O–H groups in total. The summed E-state index contributed by atoms with van der Waals surface area (Å²) in [7, 11) is 0. The van der Waals surface area contributed by atoms with Crippen LogP contribution in [0.2, 0.25) is 0 Å². The van der Waals surface area contributed by atoms with Crippen LogP contribution in [-0.4, -0.2) is 53.1 Å². The summed E-state index contributed by atoms with van der Waals surface area (Å²) in [4.78, 5) is 12.7. The second-order valence-electron chi connectivity index (χ2n) is 5.16. The monoisotopic (exact) mass is 234 g/mol. The van der Waals surface area contributed by atoms with Gasteiger partial charge in [-0.25, -0.2) is 9.18 Å². The van der Waals surface area contributed by atoms with Crippen LogP contribution >= 0.6 is 0 Å². The maximum atomic E-state index is 13.8. The van der Waals surface area contributed by atoms with Crippen molar-refractivity contribution in [2.24, 2.45) is 5.73 Å². The molecule has 1 heterocycles. The third-order valence-corrected chi connectivity index (χ3v) is 2.42. The molecule has 16 heavy (non-hydrogen) atoms. The number of aliphatic hydroxyl groups is 1. The van der Waals surface area contributed by atoms with E-state index < -0.39 is 30.0 Å². The number of alkyl halides is 1. The van der Waals surface area contributed by atoms with Crippen molar-refractivity contribution in [2.45, 2.75) is 38.1 Å². The summed E-state index contributed by atoms with van der Waals surface area (Å²) in [6.45, 7) is 4.55. The molecule has 1 amide bonds. The molecule has 94 valence electrons. The van der Waals surface area contributed by atoms with Crippen molar-refractivity contribution in [3.05, 3.63) is 0 Å². The number of hydrogen-bond acceptors (Lipinski definition) is 4. The topological polar surface area (TPSA) is 75.8 Å². The standard InChI is InChI=1S/C10H19FN2O3/c1-9(2,3)16-8(15)13-5-10(11,6-13)7(12)4-14/h7,14H,4-6,12H2,1-3H3. The second kappa shape index (κ2) is 4.18. The number of likely N-dealkylation sites (tertiary alicyclic amines) is 1. The molecule has 0 aromatic carbocycles. The molecule has 1 saturated heterocycles. The number of ether oxygens (including phenoxy) is 1. The number of amides is 1. The summed E-state index contributed by atoms with van der Waals surface area (Å²) >= 11 is 0. The Hall–Kier alpha value is -0.880. The zero-order chi connectivity index (χ0) is 12.6. The number of aliphatic hydroxyl groups excluding tert-OH is 1. The predicted octanol–water partition coefficient (Wildman–Crippen LogP) is 0.265. The number of carbonyl (C=O) groups excluding carboxylic acids is 1. The van der Waals surface area contributed by atoms with Crippen molar-refractivity contribution < 1.29 is 19.0 Å². The average Bonchev–Trinajstić information content (AvgIpc) is 2.08. The molecule has 5 nitrogen and oxygen atoms in total. The maximum Gasteiger partial charge on any atom is 0.410 e. The lowest BCUT2D eigenvalue weighted by Crippen LogP contribution is -2.69. The predicted molar refractivity (Wildman–Crippen MR) is 56.7 cm³/mol. The van der Waals surface area contributed by atoms with E-state index in [0.29, 0.717) is 0 Å². The van der Waals surface area contributed by atoms with E-state index in [1.165, 1.54) is 4.90 Å². The molecular weight excluding hydrogens is 215 g/mol. The van der Waals surface area contributed by atoms with Crippen LogP contribution in [0.4, 0.5) is 9.18 Å². The summed E-state index contributed by atoms with van der Waals surface area (Å²) in [5.74, 6) is 0.